The second-order valence-corrected chi connectivity index (χ2v) is 6.52. The average Bonchev–Trinajstić information content (AvgIpc) is 3.08. The Kier molecular flexibility index (Phi) is 5.85. The standard InChI is InChI=1S/C11H17N5O5S.CO2/c1-2-8-5-14(13-12-8)6-9-3-4-10-7-15(9)11(17)16(10)21-22(18,19)20;2-1-3/h5,9-10H,2-4,6-7H2,1H3,(H,18,19,20);. The molecule has 2 aliphatic heterocycles. The van der Waals surface area contributed by atoms with Gasteiger partial charge >= 0.3 is 22.6 Å². The lowest BCUT2D eigenvalue weighted by atomic mass is 10.0. The number of piperidine rings is 1. The van der Waals surface area contributed by atoms with E-state index in [9.17, 15) is 13.2 Å². The van der Waals surface area contributed by atoms with Crippen molar-refractivity contribution >= 4 is 22.6 Å². The van der Waals surface area contributed by atoms with Gasteiger partial charge < -0.3 is 4.90 Å². The second-order valence-electron chi connectivity index (χ2n) is 5.52. The van der Waals surface area contributed by atoms with Gasteiger partial charge in [-0.05, 0) is 19.3 Å². The van der Waals surface area contributed by atoms with E-state index in [4.69, 9.17) is 14.1 Å². The molecule has 2 atom stereocenters. The molecule has 0 aliphatic carbocycles. The van der Waals surface area contributed by atoms with Crippen molar-refractivity contribution in [3.8, 4) is 0 Å². The van der Waals surface area contributed by atoms with E-state index in [2.05, 4.69) is 14.6 Å². The Morgan fingerprint density at radius 3 is 2.64 bits per heavy atom. The number of urea groups is 1. The lowest BCUT2D eigenvalue weighted by molar-refractivity contribution is -0.191. The van der Waals surface area contributed by atoms with Crippen LogP contribution < -0.4 is 0 Å². The normalized spacial score (nSPS) is 22.4. The van der Waals surface area contributed by atoms with E-state index in [1.165, 1.54) is 0 Å². The van der Waals surface area contributed by atoms with Crippen molar-refractivity contribution in [1.82, 2.24) is 25.0 Å². The quantitative estimate of drug-likeness (QED) is 0.656. The van der Waals surface area contributed by atoms with E-state index in [-0.39, 0.29) is 18.2 Å². The van der Waals surface area contributed by atoms with Crippen LogP contribution in [-0.2, 0) is 37.2 Å². The highest BCUT2D eigenvalue weighted by molar-refractivity contribution is 7.80. The molecule has 25 heavy (non-hydrogen) atoms. The van der Waals surface area contributed by atoms with E-state index >= 15 is 0 Å². The van der Waals surface area contributed by atoms with Crippen LogP contribution in [0.15, 0.2) is 6.20 Å². The molecule has 3 rings (SSSR count). The molecule has 0 spiro atoms. The Morgan fingerprint density at radius 2 is 2.08 bits per heavy atom. The van der Waals surface area contributed by atoms with Crippen LogP contribution in [0.25, 0.3) is 0 Å². The molecule has 2 bridgehead atoms. The van der Waals surface area contributed by atoms with Crippen LogP contribution in [0.1, 0.15) is 25.5 Å². The first-order valence-corrected chi connectivity index (χ1v) is 8.80. The highest BCUT2D eigenvalue weighted by Gasteiger charge is 2.47. The summed E-state index contributed by atoms with van der Waals surface area (Å²) in [7, 11) is -4.70. The molecular weight excluding hydrogens is 358 g/mol. The maximum atomic E-state index is 12.2. The zero-order valence-electron chi connectivity index (χ0n) is 13.3. The molecule has 2 saturated heterocycles. The Bertz CT molecular complexity index is 758. The number of aryl methyl sites for hydroxylation is 1. The van der Waals surface area contributed by atoms with Gasteiger partial charge in [-0.25, -0.2) is 4.79 Å². The number of carbonyl (C=O) groups is 1. The maximum Gasteiger partial charge on any atom is 0.418 e. The van der Waals surface area contributed by atoms with Crippen molar-refractivity contribution in [3.05, 3.63) is 11.9 Å². The molecule has 0 saturated carbocycles. The van der Waals surface area contributed by atoms with Crippen molar-refractivity contribution in [2.45, 2.75) is 44.8 Å². The van der Waals surface area contributed by atoms with Gasteiger partial charge in [-0.1, -0.05) is 12.1 Å². The fraction of sp³-hybridized carbons (Fsp3) is 0.667. The fourth-order valence-electron chi connectivity index (χ4n) is 2.91. The lowest BCUT2D eigenvalue weighted by Gasteiger charge is -2.29. The molecule has 0 radical (unpaired) electrons. The summed E-state index contributed by atoms with van der Waals surface area (Å²) < 4.78 is 36.5. The highest BCUT2D eigenvalue weighted by atomic mass is 32.3. The SMILES string of the molecule is CCc1cn(CC2CCC3CN2C(=O)N3OS(=O)(=O)O)nn1.O=C=O. The molecule has 2 fully saturated rings. The number of carbonyl (C=O) groups excluding carboxylic acids is 3. The number of aromatic nitrogens is 3. The summed E-state index contributed by atoms with van der Waals surface area (Å²) in [5.41, 5.74) is 0.873. The minimum atomic E-state index is -4.70. The zero-order valence-corrected chi connectivity index (χ0v) is 14.1. The third-order valence-corrected chi connectivity index (χ3v) is 4.32. The number of fused-ring (bicyclic) bond motifs is 2. The Hall–Kier alpha value is -2.34. The highest BCUT2D eigenvalue weighted by Crippen LogP contribution is 2.31. The number of hydroxylamine groups is 2. The second kappa shape index (κ2) is 7.70. The molecule has 12 nitrogen and oxygen atoms in total. The van der Waals surface area contributed by atoms with Gasteiger partial charge in [0.05, 0.1) is 24.3 Å². The molecule has 0 aromatic carbocycles. The van der Waals surface area contributed by atoms with Crippen molar-refractivity contribution in [1.29, 1.82) is 0 Å². The van der Waals surface area contributed by atoms with Gasteiger partial charge in [-0.3, -0.25) is 9.23 Å². The molecular formula is C12H17N5O7S. The summed E-state index contributed by atoms with van der Waals surface area (Å²) in [4.78, 5) is 30.0. The van der Waals surface area contributed by atoms with Gasteiger partial charge in [0.25, 0.3) is 0 Å². The summed E-state index contributed by atoms with van der Waals surface area (Å²) in [6, 6.07) is -1.03. The molecule has 1 N–H and O–H groups in total. The van der Waals surface area contributed by atoms with Gasteiger partial charge in [-0.2, -0.15) is 23.1 Å². The van der Waals surface area contributed by atoms with Crippen LogP contribution in [0.2, 0.25) is 0 Å². The number of amides is 2. The van der Waals surface area contributed by atoms with Crippen molar-refractivity contribution in [2.24, 2.45) is 0 Å². The van der Waals surface area contributed by atoms with Crippen LogP contribution in [0.4, 0.5) is 4.79 Å². The van der Waals surface area contributed by atoms with Gasteiger partial charge in [0.2, 0.25) is 0 Å². The monoisotopic (exact) mass is 375 g/mol. The zero-order chi connectivity index (χ0) is 18.6. The van der Waals surface area contributed by atoms with E-state index in [1.807, 2.05) is 13.1 Å². The van der Waals surface area contributed by atoms with E-state index in [0.29, 0.717) is 25.9 Å². The Balaban J connectivity index is 0.000000701. The largest absolute Gasteiger partial charge is 0.418 e. The molecule has 2 unspecified atom stereocenters. The van der Waals surface area contributed by atoms with Crippen molar-refractivity contribution < 1.29 is 31.6 Å². The van der Waals surface area contributed by atoms with Gasteiger partial charge in [0.1, 0.15) is 0 Å². The number of hydrogen-bond acceptors (Lipinski definition) is 8. The molecule has 1 aromatic rings. The fourth-order valence-corrected chi connectivity index (χ4v) is 3.29. The first kappa shape index (κ1) is 19.0. The summed E-state index contributed by atoms with van der Waals surface area (Å²) in [5.74, 6) is 0. The summed E-state index contributed by atoms with van der Waals surface area (Å²) in [6.07, 6.45) is 4.16. The van der Waals surface area contributed by atoms with E-state index in [0.717, 1.165) is 17.2 Å². The minimum Gasteiger partial charge on any atom is -0.316 e. The summed E-state index contributed by atoms with van der Waals surface area (Å²) in [5, 5.41) is 8.77. The predicted molar refractivity (Wildman–Crippen MR) is 77.8 cm³/mol. The molecule has 13 heteroatoms. The van der Waals surface area contributed by atoms with Crippen molar-refractivity contribution in [3.63, 3.8) is 0 Å². The molecule has 138 valence electrons. The van der Waals surface area contributed by atoms with Crippen LogP contribution in [0.5, 0.6) is 0 Å². The topological polar surface area (TPSA) is 152 Å². The average molecular weight is 375 g/mol. The number of hydrogen-bond donors (Lipinski definition) is 1. The Labute approximate surface area is 143 Å². The third kappa shape index (κ3) is 4.60. The summed E-state index contributed by atoms with van der Waals surface area (Å²) >= 11 is 0. The number of nitrogens with zero attached hydrogens (tertiary/aromatic N) is 5. The van der Waals surface area contributed by atoms with Crippen LogP contribution in [-0.4, -0.2) is 68.7 Å². The van der Waals surface area contributed by atoms with Crippen LogP contribution in [0.3, 0.4) is 0 Å². The van der Waals surface area contributed by atoms with Crippen molar-refractivity contribution in [2.75, 3.05) is 6.54 Å². The van der Waals surface area contributed by atoms with Gasteiger partial charge in [-0.15, -0.1) is 9.38 Å². The molecule has 1 aromatic heterocycles. The van der Waals surface area contributed by atoms with Crippen LogP contribution in [0, 0.1) is 0 Å². The molecule has 3 heterocycles. The minimum absolute atomic E-state index is 0.106. The third-order valence-electron chi connectivity index (χ3n) is 3.97. The first-order valence-electron chi connectivity index (χ1n) is 7.44. The lowest BCUT2D eigenvalue weighted by Crippen LogP contribution is -2.42. The summed E-state index contributed by atoms with van der Waals surface area (Å²) in [6.45, 7) is 2.84. The number of rotatable bonds is 5. The smallest absolute Gasteiger partial charge is 0.316 e. The van der Waals surface area contributed by atoms with Gasteiger partial charge in [0.15, 0.2) is 0 Å². The van der Waals surface area contributed by atoms with E-state index in [1.54, 1.807) is 9.58 Å². The molecule has 2 amide bonds. The van der Waals surface area contributed by atoms with Gasteiger partial charge in [0, 0.05) is 12.7 Å². The molecule has 2 aliphatic rings. The first-order chi connectivity index (χ1) is 11.8. The maximum absolute atomic E-state index is 12.2. The van der Waals surface area contributed by atoms with E-state index < -0.39 is 16.4 Å². The predicted octanol–water partition coefficient (Wildman–Crippen LogP) is -0.740. The van der Waals surface area contributed by atoms with Crippen LogP contribution >= 0.6 is 0 Å². The Morgan fingerprint density at radius 1 is 1.40 bits per heavy atom.